The molecule has 1 aromatic carbocycles. The first-order valence-corrected chi connectivity index (χ1v) is 6.69. The minimum atomic E-state index is -0.400. The van der Waals surface area contributed by atoms with Crippen LogP contribution in [0.3, 0.4) is 0 Å². The van der Waals surface area contributed by atoms with Gasteiger partial charge in [-0.1, -0.05) is 36.9 Å². The van der Waals surface area contributed by atoms with Crippen LogP contribution < -0.4 is 9.57 Å². The van der Waals surface area contributed by atoms with Crippen molar-refractivity contribution in [3.05, 3.63) is 67.0 Å². The second kappa shape index (κ2) is 7.24. The van der Waals surface area contributed by atoms with Gasteiger partial charge < -0.3 is 4.74 Å². The third kappa shape index (κ3) is 4.45. The van der Waals surface area contributed by atoms with E-state index in [-0.39, 0.29) is 13.2 Å². The molecule has 0 radical (unpaired) electrons. The molecule has 0 aliphatic carbocycles. The predicted molar refractivity (Wildman–Crippen MR) is 79.3 cm³/mol. The summed E-state index contributed by atoms with van der Waals surface area (Å²) in [4.78, 5) is 16.6. The molecule has 0 spiro atoms. The topological polar surface area (TPSA) is 39.4 Å². The normalized spacial score (nSPS) is 9.95. The summed E-state index contributed by atoms with van der Waals surface area (Å²) in [5.41, 5.74) is 2.65. The molecule has 0 fully saturated rings. The smallest absolute Gasteiger partial charge is 0.333 e. The average molecular weight is 284 g/mol. The van der Waals surface area contributed by atoms with E-state index in [2.05, 4.69) is 18.7 Å². The maximum Gasteiger partial charge on any atom is 0.333 e. The highest BCUT2D eigenvalue weighted by Gasteiger charge is 2.06. The lowest BCUT2D eigenvalue weighted by molar-refractivity contribution is -0.891. The van der Waals surface area contributed by atoms with E-state index >= 15 is 0 Å². The van der Waals surface area contributed by atoms with Gasteiger partial charge in [0.15, 0.2) is 6.61 Å². The van der Waals surface area contributed by atoms with Crippen molar-refractivity contribution in [1.29, 1.82) is 0 Å². The summed E-state index contributed by atoms with van der Waals surface area (Å²) in [6.45, 7) is 5.60. The van der Waals surface area contributed by atoms with Crippen molar-refractivity contribution in [2.75, 3.05) is 13.2 Å². The Morgan fingerprint density at radius 3 is 2.29 bits per heavy atom. The molecule has 0 atom stereocenters. The zero-order chi connectivity index (χ0) is 15.1. The van der Waals surface area contributed by atoms with Crippen LogP contribution in [-0.4, -0.2) is 19.2 Å². The van der Waals surface area contributed by atoms with Gasteiger partial charge in [-0.25, -0.2) is 4.79 Å². The van der Waals surface area contributed by atoms with E-state index in [1.54, 1.807) is 11.7 Å². The van der Waals surface area contributed by atoms with Crippen LogP contribution in [0.5, 0.6) is 0 Å². The van der Waals surface area contributed by atoms with Gasteiger partial charge in [-0.05, 0) is 18.1 Å². The maximum atomic E-state index is 11.2. The molecule has 1 aromatic heterocycles. The summed E-state index contributed by atoms with van der Waals surface area (Å²) < 4.78 is 6.53. The molecule has 0 aliphatic heterocycles. The van der Waals surface area contributed by atoms with Gasteiger partial charge in [-0.3, -0.25) is 4.84 Å². The molecule has 4 nitrogen and oxygen atoms in total. The fraction of sp³-hybridized carbons (Fsp3) is 0.176. The van der Waals surface area contributed by atoms with Crippen LogP contribution in [0.25, 0.3) is 11.1 Å². The van der Waals surface area contributed by atoms with Crippen molar-refractivity contribution in [1.82, 2.24) is 0 Å². The Hall–Kier alpha value is -2.62. The highest BCUT2D eigenvalue weighted by Crippen LogP contribution is 2.16. The maximum absolute atomic E-state index is 11.2. The molecule has 1 heterocycles. The summed E-state index contributed by atoms with van der Waals surface area (Å²) >= 11 is 0. The number of pyridine rings is 1. The highest BCUT2D eigenvalue weighted by molar-refractivity contribution is 5.86. The molecule has 2 aromatic rings. The van der Waals surface area contributed by atoms with Crippen LogP contribution in [0.15, 0.2) is 67.0 Å². The molecule has 0 N–H and O–H groups in total. The van der Waals surface area contributed by atoms with Crippen molar-refractivity contribution < 1.29 is 19.1 Å². The minimum Gasteiger partial charge on any atom is -0.458 e. The number of carbonyl (C=O) groups is 1. The third-order valence-electron chi connectivity index (χ3n) is 2.81. The molecule has 0 aliphatic rings. The lowest BCUT2D eigenvalue weighted by Crippen LogP contribution is -2.43. The van der Waals surface area contributed by atoms with E-state index in [1.807, 2.05) is 42.7 Å². The van der Waals surface area contributed by atoms with E-state index in [1.165, 1.54) is 0 Å². The monoisotopic (exact) mass is 284 g/mol. The Morgan fingerprint density at radius 1 is 1.05 bits per heavy atom. The molecule has 0 unspecified atom stereocenters. The van der Waals surface area contributed by atoms with E-state index < -0.39 is 5.97 Å². The summed E-state index contributed by atoms with van der Waals surface area (Å²) in [6.07, 6.45) is 3.64. The largest absolute Gasteiger partial charge is 0.458 e. The van der Waals surface area contributed by atoms with Crippen molar-refractivity contribution in [2.45, 2.75) is 6.92 Å². The number of ether oxygens (including phenoxy) is 1. The van der Waals surface area contributed by atoms with Crippen LogP contribution in [-0.2, 0) is 9.53 Å². The molecule has 21 heavy (non-hydrogen) atoms. The number of esters is 1. The fourth-order valence-corrected chi connectivity index (χ4v) is 1.72. The molecule has 0 amide bonds. The van der Waals surface area contributed by atoms with Gasteiger partial charge in [0.25, 0.3) is 0 Å². The van der Waals surface area contributed by atoms with Crippen molar-refractivity contribution in [3.63, 3.8) is 0 Å². The molecule has 0 saturated heterocycles. The standard InChI is InChI=1S/C17H18NO3/c1-14(2)17(19)20-12-13-21-18-10-8-16(9-11-18)15-6-4-3-5-7-15/h3-11H,1,12-13H2,2H3/q+1. The Balaban J connectivity index is 1.83. The molecule has 0 bridgehead atoms. The first-order chi connectivity index (χ1) is 10.2. The lowest BCUT2D eigenvalue weighted by Gasteiger charge is -2.03. The van der Waals surface area contributed by atoms with Crippen LogP contribution in [0.1, 0.15) is 6.92 Å². The molecule has 4 heteroatoms. The van der Waals surface area contributed by atoms with Crippen LogP contribution in [0.2, 0.25) is 0 Å². The van der Waals surface area contributed by atoms with E-state index in [0.717, 1.165) is 11.1 Å². The van der Waals surface area contributed by atoms with Gasteiger partial charge in [0.2, 0.25) is 12.4 Å². The first-order valence-electron chi connectivity index (χ1n) is 6.69. The number of rotatable bonds is 6. The first kappa shape index (κ1) is 14.8. The van der Waals surface area contributed by atoms with Gasteiger partial charge in [0.1, 0.15) is 6.61 Å². The zero-order valence-corrected chi connectivity index (χ0v) is 12.0. The second-order valence-electron chi connectivity index (χ2n) is 4.56. The summed E-state index contributed by atoms with van der Waals surface area (Å²) in [7, 11) is 0. The number of nitrogens with zero attached hydrogens (tertiary/aromatic N) is 1. The lowest BCUT2D eigenvalue weighted by atomic mass is 10.1. The van der Waals surface area contributed by atoms with E-state index in [4.69, 9.17) is 9.57 Å². The van der Waals surface area contributed by atoms with E-state index in [9.17, 15) is 4.79 Å². The minimum absolute atomic E-state index is 0.194. The number of benzene rings is 1. The number of hydrogen-bond donors (Lipinski definition) is 0. The summed E-state index contributed by atoms with van der Waals surface area (Å²) in [5, 5.41) is 0. The van der Waals surface area contributed by atoms with Crippen molar-refractivity contribution in [3.8, 4) is 11.1 Å². The quantitative estimate of drug-likeness (QED) is 0.353. The highest BCUT2D eigenvalue weighted by atomic mass is 16.7. The molecular weight excluding hydrogens is 266 g/mol. The van der Waals surface area contributed by atoms with Crippen molar-refractivity contribution in [2.24, 2.45) is 0 Å². The Morgan fingerprint density at radius 2 is 1.67 bits per heavy atom. The van der Waals surface area contributed by atoms with Crippen LogP contribution in [0.4, 0.5) is 0 Å². The summed E-state index contributed by atoms with van der Waals surface area (Å²) in [6, 6.07) is 14.0. The molecular formula is C17H18NO3+. The second-order valence-corrected chi connectivity index (χ2v) is 4.56. The predicted octanol–water partition coefficient (Wildman–Crippen LogP) is 2.19. The number of carbonyl (C=O) groups excluding carboxylic acids is 1. The SMILES string of the molecule is C=C(C)C(=O)OCCO[n+]1ccc(-c2ccccc2)cc1. The fourth-order valence-electron chi connectivity index (χ4n) is 1.72. The molecule has 0 saturated carbocycles. The number of aromatic nitrogens is 1. The van der Waals surface area contributed by atoms with E-state index in [0.29, 0.717) is 5.57 Å². The van der Waals surface area contributed by atoms with Gasteiger partial charge in [-0.15, -0.1) is 0 Å². The van der Waals surface area contributed by atoms with Crippen LogP contribution >= 0.6 is 0 Å². The van der Waals surface area contributed by atoms with Gasteiger partial charge >= 0.3 is 5.97 Å². The van der Waals surface area contributed by atoms with Crippen LogP contribution in [0, 0.1) is 0 Å². The van der Waals surface area contributed by atoms with Gasteiger partial charge in [0.05, 0.1) is 0 Å². The average Bonchev–Trinajstić information content (AvgIpc) is 2.52. The number of hydrogen-bond acceptors (Lipinski definition) is 3. The molecule has 2 rings (SSSR count). The third-order valence-corrected chi connectivity index (χ3v) is 2.81. The Kier molecular flexibility index (Phi) is 5.10. The van der Waals surface area contributed by atoms with Crippen molar-refractivity contribution >= 4 is 5.97 Å². The summed E-state index contributed by atoms with van der Waals surface area (Å²) in [5.74, 6) is -0.400. The van der Waals surface area contributed by atoms with Gasteiger partial charge in [-0.2, -0.15) is 0 Å². The Bertz CT molecular complexity index is 606. The Labute approximate surface area is 124 Å². The van der Waals surface area contributed by atoms with Gasteiger partial charge in [0, 0.05) is 22.4 Å². The molecule has 108 valence electrons. The zero-order valence-electron chi connectivity index (χ0n) is 12.0.